The highest BCUT2D eigenvalue weighted by Gasteiger charge is 2.16. The molecule has 5 nitrogen and oxygen atoms in total. The van der Waals surface area contributed by atoms with Crippen molar-refractivity contribution in [1.29, 1.82) is 0 Å². The van der Waals surface area contributed by atoms with Crippen molar-refractivity contribution in [1.82, 2.24) is 0 Å². The molecular formula is C15H14O5. The van der Waals surface area contributed by atoms with Gasteiger partial charge in [-0.3, -0.25) is 4.79 Å². The fourth-order valence-corrected chi connectivity index (χ4v) is 1.71. The third-order valence-corrected chi connectivity index (χ3v) is 2.79. The summed E-state index contributed by atoms with van der Waals surface area (Å²) in [5, 5.41) is 0. The molecule has 1 aromatic carbocycles. The van der Waals surface area contributed by atoms with Crippen molar-refractivity contribution in [3.8, 4) is 5.75 Å². The Morgan fingerprint density at radius 1 is 1.00 bits per heavy atom. The second kappa shape index (κ2) is 6.06. The number of Topliss-reactive ketones (excluding diaryl/α,β-unsaturated/α-hetero) is 1. The molecule has 1 heterocycles. The van der Waals surface area contributed by atoms with E-state index in [-0.39, 0.29) is 23.7 Å². The third kappa shape index (κ3) is 3.06. The fraction of sp³-hybridized carbons (Fsp3) is 0.200. The molecular weight excluding hydrogens is 260 g/mol. The van der Waals surface area contributed by atoms with Crippen LogP contribution in [0.3, 0.4) is 0 Å². The zero-order chi connectivity index (χ0) is 14.5. The molecule has 20 heavy (non-hydrogen) atoms. The average molecular weight is 274 g/mol. The van der Waals surface area contributed by atoms with Crippen LogP contribution in [0.15, 0.2) is 40.8 Å². The maximum Gasteiger partial charge on any atom is 0.373 e. The molecule has 0 aliphatic heterocycles. The molecule has 0 saturated carbocycles. The van der Waals surface area contributed by atoms with Gasteiger partial charge in [0.15, 0.2) is 5.76 Å². The fourth-order valence-electron chi connectivity index (χ4n) is 1.71. The van der Waals surface area contributed by atoms with Crippen LogP contribution in [0.5, 0.6) is 5.75 Å². The molecule has 5 heteroatoms. The SMILES string of the molecule is COC(=O)c1ccc(C(=O)Cc2ccc(OC)cc2)o1. The van der Waals surface area contributed by atoms with Gasteiger partial charge in [0.05, 0.1) is 14.2 Å². The lowest BCUT2D eigenvalue weighted by Crippen LogP contribution is -2.03. The van der Waals surface area contributed by atoms with Gasteiger partial charge in [0.2, 0.25) is 11.5 Å². The van der Waals surface area contributed by atoms with E-state index in [4.69, 9.17) is 9.15 Å². The molecule has 0 radical (unpaired) electrons. The maximum atomic E-state index is 12.0. The number of ketones is 1. The number of carbonyl (C=O) groups excluding carboxylic acids is 2. The predicted octanol–water partition coefficient (Wildman–Crippen LogP) is 2.50. The Balaban J connectivity index is 2.07. The van der Waals surface area contributed by atoms with Gasteiger partial charge in [-0.25, -0.2) is 4.79 Å². The highest BCUT2D eigenvalue weighted by atomic mass is 16.5. The quantitative estimate of drug-likeness (QED) is 0.619. The second-order valence-corrected chi connectivity index (χ2v) is 4.10. The summed E-state index contributed by atoms with van der Waals surface area (Å²) in [6, 6.07) is 10.1. The van der Waals surface area contributed by atoms with Crippen molar-refractivity contribution in [3.63, 3.8) is 0 Å². The van der Waals surface area contributed by atoms with Crippen molar-refractivity contribution < 1.29 is 23.5 Å². The number of benzene rings is 1. The number of hydrogen-bond acceptors (Lipinski definition) is 5. The molecule has 0 amide bonds. The van der Waals surface area contributed by atoms with Gasteiger partial charge in [-0.2, -0.15) is 0 Å². The number of carbonyl (C=O) groups is 2. The van der Waals surface area contributed by atoms with Crippen LogP contribution in [-0.2, 0) is 11.2 Å². The summed E-state index contributed by atoms with van der Waals surface area (Å²) in [4.78, 5) is 23.3. The molecule has 1 aromatic heterocycles. The van der Waals surface area contributed by atoms with E-state index in [9.17, 15) is 9.59 Å². The molecule has 0 aliphatic rings. The highest BCUT2D eigenvalue weighted by Crippen LogP contribution is 2.15. The Labute approximate surface area is 116 Å². The van der Waals surface area contributed by atoms with Crippen LogP contribution < -0.4 is 4.74 Å². The molecule has 2 rings (SSSR count). The number of ether oxygens (including phenoxy) is 2. The van der Waals surface area contributed by atoms with Gasteiger partial charge in [0.25, 0.3) is 0 Å². The van der Waals surface area contributed by atoms with E-state index in [2.05, 4.69) is 4.74 Å². The normalized spacial score (nSPS) is 10.1. The Morgan fingerprint density at radius 2 is 1.65 bits per heavy atom. The highest BCUT2D eigenvalue weighted by molar-refractivity contribution is 5.96. The summed E-state index contributed by atoms with van der Waals surface area (Å²) in [6.45, 7) is 0. The van der Waals surface area contributed by atoms with E-state index < -0.39 is 5.97 Å². The standard InChI is InChI=1S/C15H14O5/c1-18-11-5-3-10(4-6-11)9-12(16)13-7-8-14(20-13)15(17)19-2/h3-8H,9H2,1-2H3. The Morgan fingerprint density at radius 3 is 2.25 bits per heavy atom. The lowest BCUT2D eigenvalue weighted by molar-refractivity contribution is 0.0563. The minimum Gasteiger partial charge on any atom is -0.497 e. The van der Waals surface area contributed by atoms with E-state index in [0.717, 1.165) is 11.3 Å². The first-order chi connectivity index (χ1) is 9.63. The van der Waals surface area contributed by atoms with Crippen LogP contribution in [0, 0.1) is 0 Å². The summed E-state index contributed by atoms with van der Waals surface area (Å²) in [6.07, 6.45) is 0.193. The molecule has 0 fully saturated rings. The zero-order valence-electron chi connectivity index (χ0n) is 11.2. The first kappa shape index (κ1) is 13.9. The minimum atomic E-state index is -0.603. The van der Waals surface area contributed by atoms with E-state index in [1.807, 2.05) is 0 Å². The van der Waals surface area contributed by atoms with E-state index in [0.29, 0.717) is 0 Å². The average Bonchev–Trinajstić information content (AvgIpc) is 2.97. The summed E-state index contributed by atoms with van der Waals surface area (Å²) in [7, 11) is 2.83. The van der Waals surface area contributed by atoms with Gasteiger partial charge >= 0.3 is 5.97 Å². The molecule has 0 saturated heterocycles. The van der Waals surface area contributed by atoms with Crippen LogP contribution >= 0.6 is 0 Å². The van der Waals surface area contributed by atoms with Gasteiger partial charge in [0, 0.05) is 6.42 Å². The first-order valence-electron chi connectivity index (χ1n) is 5.98. The smallest absolute Gasteiger partial charge is 0.373 e. The number of furan rings is 1. The minimum absolute atomic E-state index is 0.0191. The van der Waals surface area contributed by atoms with Crippen LogP contribution in [0.4, 0.5) is 0 Å². The molecule has 0 spiro atoms. The van der Waals surface area contributed by atoms with Crippen LogP contribution in [-0.4, -0.2) is 26.0 Å². The van der Waals surface area contributed by atoms with Crippen molar-refractivity contribution in [3.05, 3.63) is 53.5 Å². The summed E-state index contributed by atoms with van der Waals surface area (Å²) in [5.74, 6) is 0.0813. The van der Waals surface area contributed by atoms with Gasteiger partial charge in [0.1, 0.15) is 5.75 Å². The molecule has 0 aliphatic carbocycles. The number of hydrogen-bond donors (Lipinski definition) is 0. The van der Waals surface area contributed by atoms with Gasteiger partial charge in [-0.15, -0.1) is 0 Å². The van der Waals surface area contributed by atoms with Crippen LogP contribution in [0.2, 0.25) is 0 Å². The molecule has 0 bridgehead atoms. The first-order valence-corrected chi connectivity index (χ1v) is 5.98. The zero-order valence-corrected chi connectivity index (χ0v) is 11.2. The number of methoxy groups -OCH3 is 2. The van der Waals surface area contributed by atoms with Crippen LogP contribution in [0.1, 0.15) is 26.7 Å². The van der Waals surface area contributed by atoms with Crippen molar-refractivity contribution >= 4 is 11.8 Å². The Kier molecular flexibility index (Phi) is 4.20. The van der Waals surface area contributed by atoms with E-state index in [1.165, 1.54) is 19.2 Å². The van der Waals surface area contributed by atoms with Crippen molar-refractivity contribution in [2.24, 2.45) is 0 Å². The third-order valence-electron chi connectivity index (χ3n) is 2.79. The molecule has 0 N–H and O–H groups in total. The Hall–Kier alpha value is -2.56. The molecule has 2 aromatic rings. The number of rotatable bonds is 5. The number of esters is 1. The van der Waals surface area contributed by atoms with Crippen molar-refractivity contribution in [2.75, 3.05) is 14.2 Å². The van der Waals surface area contributed by atoms with Gasteiger partial charge in [-0.1, -0.05) is 12.1 Å². The summed E-state index contributed by atoms with van der Waals surface area (Å²) < 4.78 is 14.7. The lowest BCUT2D eigenvalue weighted by atomic mass is 10.1. The van der Waals surface area contributed by atoms with Gasteiger partial charge < -0.3 is 13.9 Å². The summed E-state index contributed by atoms with van der Waals surface area (Å²) >= 11 is 0. The topological polar surface area (TPSA) is 65.7 Å². The van der Waals surface area contributed by atoms with Gasteiger partial charge in [-0.05, 0) is 29.8 Å². The molecule has 0 unspecified atom stereocenters. The van der Waals surface area contributed by atoms with Crippen LogP contribution in [0.25, 0.3) is 0 Å². The second-order valence-electron chi connectivity index (χ2n) is 4.10. The maximum absolute atomic E-state index is 12.0. The lowest BCUT2D eigenvalue weighted by Gasteiger charge is -2.02. The summed E-state index contributed by atoms with van der Waals surface area (Å²) in [5.41, 5.74) is 0.840. The van der Waals surface area contributed by atoms with Crippen molar-refractivity contribution in [2.45, 2.75) is 6.42 Å². The van der Waals surface area contributed by atoms with E-state index in [1.54, 1.807) is 31.4 Å². The van der Waals surface area contributed by atoms with E-state index >= 15 is 0 Å². The predicted molar refractivity (Wildman–Crippen MR) is 71.1 cm³/mol. The largest absolute Gasteiger partial charge is 0.497 e. The monoisotopic (exact) mass is 274 g/mol. The molecule has 0 atom stereocenters. The molecule has 104 valence electrons. The Bertz CT molecular complexity index is 609.